The molecule has 0 radical (unpaired) electrons. The summed E-state index contributed by atoms with van der Waals surface area (Å²) in [5, 5.41) is 12.3. The molecule has 2 N–H and O–H groups in total. The minimum Gasteiger partial charge on any atom is -0.508 e. The lowest BCUT2D eigenvalue weighted by Crippen LogP contribution is -2.51. The predicted molar refractivity (Wildman–Crippen MR) is 125 cm³/mol. The average molecular weight is 441 g/mol. The Hall–Kier alpha value is -2.64. The molecule has 156 valence electrons. The molecule has 1 fully saturated rings. The summed E-state index contributed by atoms with van der Waals surface area (Å²) in [6.07, 6.45) is 2.43. The first-order valence-corrected chi connectivity index (χ1v) is 11.0. The molecule has 0 spiro atoms. The normalized spacial score (nSPS) is 16.4. The number of hydrogen-bond donors (Lipinski definition) is 2. The number of rotatable bonds is 7. The van der Waals surface area contributed by atoms with Gasteiger partial charge in [-0.05, 0) is 41.7 Å². The fourth-order valence-corrected chi connectivity index (χ4v) is 4.57. The number of thioether (sulfide) groups is 1. The number of thiocarbonyl (C=S) groups is 1. The molecular weight excluding hydrogens is 416 g/mol. The highest BCUT2D eigenvalue weighted by Crippen LogP contribution is 2.35. The zero-order chi connectivity index (χ0) is 21.7. The van der Waals surface area contributed by atoms with Crippen molar-refractivity contribution >= 4 is 46.2 Å². The van der Waals surface area contributed by atoms with E-state index in [1.54, 1.807) is 18.2 Å². The lowest BCUT2D eigenvalue weighted by molar-refractivity contribution is -0.134. The summed E-state index contributed by atoms with van der Waals surface area (Å²) in [5.74, 6) is -0.347. The van der Waals surface area contributed by atoms with Crippen LogP contribution in [0.5, 0.6) is 5.75 Å². The number of carbonyl (C=O) groups is 2. The van der Waals surface area contributed by atoms with Crippen LogP contribution in [0.15, 0.2) is 59.5 Å². The number of carbonyl (C=O) groups excluding carboxylic acids is 2. The number of nitrogens with zero attached hydrogens (tertiary/aromatic N) is 1. The second-order valence-corrected chi connectivity index (χ2v) is 9.03. The smallest absolute Gasteiger partial charge is 0.266 e. The van der Waals surface area contributed by atoms with Crippen LogP contribution in [0.3, 0.4) is 0 Å². The SMILES string of the molecule is CC(C)[C@@H](C(=O)NCCc1ccc(O)cc1)N1C(=O)/C(=C/c2ccccc2)SC1=S. The maximum absolute atomic E-state index is 13.0. The largest absolute Gasteiger partial charge is 0.508 e. The number of nitrogens with one attached hydrogen (secondary N) is 1. The van der Waals surface area contributed by atoms with Crippen LogP contribution in [0.4, 0.5) is 0 Å². The van der Waals surface area contributed by atoms with Crippen molar-refractivity contribution in [3.05, 3.63) is 70.6 Å². The van der Waals surface area contributed by atoms with E-state index in [1.807, 2.05) is 56.3 Å². The molecule has 30 heavy (non-hydrogen) atoms. The van der Waals surface area contributed by atoms with Gasteiger partial charge in [0.25, 0.3) is 5.91 Å². The van der Waals surface area contributed by atoms with Crippen LogP contribution in [0.2, 0.25) is 0 Å². The van der Waals surface area contributed by atoms with Crippen LogP contribution in [0, 0.1) is 5.92 Å². The average Bonchev–Trinajstić information content (AvgIpc) is 2.98. The molecule has 1 saturated heterocycles. The van der Waals surface area contributed by atoms with Gasteiger partial charge in [-0.3, -0.25) is 14.5 Å². The van der Waals surface area contributed by atoms with Gasteiger partial charge >= 0.3 is 0 Å². The summed E-state index contributed by atoms with van der Waals surface area (Å²) in [6, 6.07) is 15.8. The van der Waals surface area contributed by atoms with E-state index < -0.39 is 6.04 Å². The molecular formula is C23H24N2O3S2. The third-order valence-electron chi connectivity index (χ3n) is 4.75. The van der Waals surface area contributed by atoms with E-state index in [1.165, 1.54) is 16.7 Å². The van der Waals surface area contributed by atoms with Crippen molar-refractivity contribution in [1.82, 2.24) is 10.2 Å². The number of amides is 2. The van der Waals surface area contributed by atoms with Crippen molar-refractivity contribution in [1.29, 1.82) is 0 Å². The van der Waals surface area contributed by atoms with E-state index in [9.17, 15) is 14.7 Å². The molecule has 0 aromatic heterocycles. The second kappa shape index (κ2) is 9.91. The quantitative estimate of drug-likeness (QED) is 0.504. The molecule has 2 amide bonds. The third kappa shape index (κ3) is 5.29. The van der Waals surface area contributed by atoms with Crippen LogP contribution in [0.25, 0.3) is 6.08 Å². The first-order chi connectivity index (χ1) is 14.4. The van der Waals surface area contributed by atoms with E-state index in [4.69, 9.17) is 12.2 Å². The van der Waals surface area contributed by atoms with Gasteiger partial charge in [0.15, 0.2) is 0 Å². The Bertz CT molecular complexity index is 956. The molecule has 3 rings (SSSR count). The van der Waals surface area contributed by atoms with Gasteiger partial charge < -0.3 is 10.4 Å². The lowest BCUT2D eigenvalue weighted by Gasteiger charge is -2.29. The number of phenolic OH excluding ortho intramolecular Hbond substituents is 1. The zero-order valence-electron chi connectivity index (χ0n) is 16.9. The molecule has 5 nitrogen and oxygen atoms in total. The van der Waals surface area contributed by atoms with Crippen molar-refractivity contribution in [3.63, 3.8) is 0 Å². The summed E-state index contributed by atoms with van der Waals surface area (Å²) < 4.78 is 0.398. The molecule has 1 heterocycles. The van der Waals surface area contributed by atoms with Gasteiger partial charge in [0.2, 0.25) is 5.91 Å². The van der Waals surface area contributed by atoms with Gasteiger partial charge in [0.05, 0.1) is 4.91 Å². The third-order valence-corrected chi connectivity index (χ3v) is 6.08. The molecule has 2 aromatic carbocycles. The standard InChI is InChI=1S/C23H24N2O3S2/c1-15(2)20(21(27)24-13-12-16-8-10-18(26)11-9-16)25-22(28)19(30-23(25)29)14-17-6-4-3-5-7-17/h3-11,14-15,20,26H,12-13H2,1-2H3,(H,24,27)/b19-14-/t20-/m0/s1. The molecule has 0 bridgehead atoms. The van der Waals surface area contributed by atoms with Crippen molar-refractivity contribution in [2.75, 3.05) is 6.54 Å². The first-order valence-electron chi connectivity index (χ1n) is 9.74. The predicted octanol–water partition coefficient (Wildman–Crippen LogP) is 3.98. The topological polar surface area (TPSA) is 69.6 Å². The Balaban J connectivity index is 1.69. The fraction of sp³-hybridized carbons (Fsp3) is 0.261. The van der Waals surface area contributed by atoms with Crippen LogP contribution < -0.4 is 5.32 Å². The lowest BCUT2D eigenvalue weighted by atomic mass is 10.0. The van der Waals surface area contributed by atoms with Crippen LogP contribution >= 0.6 is 24.0 Å². The van der Waals surface area contributed by atoms with E-state index in [2.05, 4.69) is 5.32 Å². The summed E-state index contributed by atoms with van der Waals surface area (Å²) in [6.45, 7) is 4.24. The van der Waals surface area contributed by atoms with E-state index >= 15 is 0 Å². The van der Waals surface area contributed by atoms with E-state index in [-0.39, 0.29) is 23.5 Å². The van der Waals surface area contributed by atoms with Gasteiger partial charge in [0.1, 0.15) is 16.1 Å². The maximum atomic E-state index is 13.0. The number of phenols is 1. The summed E-state index contributed by atoms with van der Waals surface area (Å²) in [4.78, 5) is 27.9. The molecule has 7 heteroatoms. The minimum absolute atomic E-state index is 0.0998. The molecule has 1 aliphatic rings. The molecule has 1 aliphatic heterocycles. The Morgan fingerprint density at radius 3 is 2.47 bits per heavy atom. The van der Waals surface area contributed by atoms with Gasteiger partial charge in [-0.25, -0.2) is 0 Å². The van der Waals surface area contributed by atoms with Crippen molar-refractivity contribution in [3.8, 4) is 5.75 Å². The van der Waals surface area contributed by atoms with Crippen LogP contribution in [0.1, 0.15) is 25.0 Å². The summed E-state index contributed by atoms with van der Waals surface area (Å²) in [5.41, 5.74) is 1.92. The molecule has 0 aliphatic carbocycles. The van der Waals surface area contributed by atoms with Gasteiger partial charge in [0, 0.05) is 6.54 Å². The monoisotopic (exact) mass is 440 g/mol. The highest BCUT2D eigenvalue weighted by atomic mass is 32.2. The minimum atomic E-state index is -0.668. The Kier molecular flexibility index (Phi) is 7.29. The highest BCUT2D eigenvalue weighted by Gasteiger charge is 2.41. The van der Waals surface area contributed by atoms with E-state index in [0.29, 0.717) is 22.2 Å². The number of aromatic hydroxyl groups is 1. The van der Waals surface area contributed by atoms with Crippen LogP contribution in [-0.2, 0) is 16.0 Å². The second-order valence-electron chi connectivity index (χ2n) is 7.36. The fourth-order valence-electron chi connectivity index (χ4n) is 3.24. The Morgan fingerprint density at radius 1 is 1.17 bits per heavy atom. The van der Waals surface area contributed by atoms with Crippen molar-refractivity contribution in [2.24, 2.45) is 5.92 Å². The van der Waals surface area contributed by atoms with Crippen LogP contribution in [-0.4, -0.2) is 38.7 Å². The first kappa shape index (κ1) is 22.1. The number of hydrogen-bond acceptors (Lipinski definition) is 5. The maximum Gasteiger partial charge on any atom is 0.266 e. The Labute approximate surface area is 186 Å². The summed E-state index contributed by atoms with van der Waals surface area (Å²) in [7, 11) is 0. The van der Waals surface area contributed by atoms with Crippen molar-refractivity contribution in [2.45, 2.75) is 26.3 Å². The summed E-state index contributed by atoms with van der Waals surface area (Å²) >= 11 is 6.68. The van der Waals surface area contributed by atoms with E-state index in [0.717, 1.165) is 11.1 Å². The Morgan fingerprint density at radius 2 is 1.83 bits per heavy atom. The van der Waals surface area contributed by atoms with Gasteiger partial charge in [-0.15, -0.1) is 0 Å². The molecule has 0 unspecified atom stereocenters. The van der Waals surface area contributed by atoms with Gasteiger partial charge in [-0.1, -0.05) is 80.3 Å². The van der Waals surface area contributed by atoms with Crippen molar-refractivity contribution < 1.29 is 14.7 Å². The zero-order valence-corrected chi connectivity index (χ0v) is 18.5. The van der Waals surface area contributed by atoms with Gasteiger partial charge in [-0.2, -0.15) is 0 Å². The highest BCUT2D eigenvalue weighted by molar-refractivity contribution is 8.26. The number of benzene rings is 2. The molecule has 1 atom stereocenters. The molecule has 2 aromatic rings. The molecule has 0 saturated carbocycles.